The van der Waals surface area contributed by atoms with Crippen LogP contribution < -0.4 is 31.1 Å². The fourth-order valence-corrected chi connectivity index (χ4v) is 17.8. The topological polar surface area (TPSA) is 19.6 Å². The smallest absolute Gasteiger partial charge is 0.252 e. The molecule has 4 heterocycles. The van der Waals surface area contributed by atoms with Gasteiger partial charge in [0.25, 0.3) is 6.71 Å². The molecule has 0 aliphatic carbocycles. The quantitative estimate of drug-likeness (QED) is 0.107. The lowest BCUT2D eigenvalue weighted by Gasteiger charge is -2.46. The molecule has 21 rings (SSSR count). The third-order valence-electron chi connectivity index (χ3n) is 22.3. The summed E-state index contributed by atoms with van der Waals surface area (Å²) in [4.78, 5) is 7.82. The summed E-state index contributed by atoms with van der Waals surface area (Å²) in [6, 6.07) is 153. The number of hydrogen-bond donors (Lipinski definition) is 0. The maximum Gasteiger partial charge on any atom is 0.252 e. The molecule has 0 saturated heterocycles. The lowest BCUT2D eigenvalue weighted by Crippen LogP contribution is -2.61. The number of benzene rings is 17. The van der Waals surface area contributed by atoms with Crippen molar-refractivity contribution in [1.82, 2.24) is 9.13 Å². The highest BCUT2D eigenvalue weighted by atomic mass is 15.2. The molecule has 0 atom stereocenters. The van der Waals surface area contributed by atoms with Crippen LogP contribution in [-0.4, -0.2) is 15.8 Å². The van der Waals surface area contributed by atoms with Crippen LogP contribution in [0.15, 0.2) is 413 Å². The Morgan fingerprint density at radius 3 is 0.898 bits per heavy atom. The summed E-state index contributed by atoms with van der Waals surface area (Å²) in [5, 5.41) is 4.85. The van der Waals surface area contributed by atoms with Crippen LogP contribution in [0.5, 0.6) is 0 Å². The predicted octanol–water partition coefficient (Wildman–Crippen LogP) is 25.4. The molecule has 6 heteroatoms. The second-order valence-electron chi connectivity index (χ2n) is 28.2. The maximum absolute atomic E-state index is 2.68. The first-order valence-electron chi connectivity index (χ1n) is 37.3. The molecule has 2 aliphatic heterocycles. The number of aromatic nitrogens is 2. The average molecular weight is 1370 g/mol. The van der Waals surface area contributed by atoms with Gasteiger partial charge in [0, 0.05) is 83.7 Å². The minimum absolute atomic E-state index is 0.288. The van der Waals surface area contributed by atoms with E-state index in [-0.39, 0.29) is 6.71 Å². The summed E-state index contributed by atoms with van der Waals surface area (Å²) >= 11 is 0. The van der Waals surface area contributed by atoms with Gasteiger partial charge in [-0.15, -0.1) is 0 Å². The lowest BCUT2D eigenvalue weighted by atomic mass is 9.33. The van der Waals surface area contributed by atoms with E-state index >= 15 is 0 Å². The normalized spacial score (nSPS) is 12.2. The highest BCUT2D eigenvalue weighted by Gasteiger charge is 2.46. The Labute approximate surface area is 628 Å². The number of rotatable bonds is 13. The van der Waals surface area contributed by atoms with Gasteiger partial charge in [0.15, 0.2) is 0 Å². The van der Waals surface area contributed by atoms with Gasteiger partial charge >= 0.3 is 0 Å². The van der Waals surface area contributed by atoms with Gasteiger partial charge < -0.3 is 23.8 Å². The average Bonchev–Trinajstić information content (AvgIpc) is 1.18. The standard InChI is InChI=1S/C102H68BN5/c1-6-33-69(34-7-1)76-43-16-19-46-79(76)86-53-30-54-87(80-47-20-17-44-77(80)70-35-8-2-9-36-70)101(86)107-95-60-32-61-96-100(95)103(89-65-63-74(67-98(89)107)105-91-56-26-22-49-82(91)83-50-23-27-57-92(83)105)90-66-64-75(106-93-58-28-24-51-84(93)85-52-25-29-59-94(85)106)68-99(90)108(96)102-88(81-48-21-18-45-78(81)71-37-10-3-11-38-71)55-31-62-97(102)104(72-39-12-4-13-40-72)73-41-14-5-15-42-73/h1-68H. The van der Waals surface area contributed by atoms with Gasteiger partial charge in [-0.1, -0.05) is 322 Å². The highest BCUT2D eigenvalue weighted by molar-refractivity contribution is 7.00. The summed E-state index contributed by atoms with van der Waals surface area (Å²) < 4.78 is 4.98. The number of nitrogens with zero attached hydrogens (tertiary/aromatic N) is 5. The molecule has 0 amide bonds. The Morgan fingerprint density at radius 2 is 0.509 bits per heavy atom. The van der Waals surface area contributed by atoms with Crippen LogP contribution in [0.1, 0.15) is 0 Å². The highest BCUT2D eigenvalue weighted by Crippen LogP contribution is 2.57. The monoisotopic (exact) mass is 1370 g/mol. The minimum Gasteiger partial charge on any atom is -0.310 e. The van der Waals surface area contributed by atoms with Crippen LogP contribution in [0, 0.1) is 0 Å². The summed E-state index contributed by atoms with van der Waals surface area (Å²) in [5.41, 5.74) is 33.4. The second kappa shape index (κ2) is 25.9. The molecule has 504 valence electrons. The molecule has 2 aliphatic rings. The van der Waals surface area contributed by atoms with E-state index in [1.165, 1.54) is 37.9 Å². The van der Waals surface area contributed by atoms with Crippen molar-refractivity contribution in [3.05, 3.63) is 413 Å². The Hall–Kier alpha value is -14.2. The van der Waals surface area contributed by atoms with Crippen molar-refractivity contribution < 1.29 is 0 Å². The molecule has 0 fully saturated rings. The van der Waals surface area contributed by atoms with E-state index in [9.17, 15) is 0 Å². The summed E-state index contributed by atoms with van der Waals surface area (Å²) in [6.45, 7) is -0.288. The first kappa shape index (κ1) is 62.4. The largest absolute Gasteiger partial charge is 0.310 e. The molecule has 19 aromatic rings. The van der Waals surface area contributed by atoms with Crippen LogP contribution in [0.3, 0.4) is 0 Å². The molecule has 0 radical (unpaired) electrons. The summed E-state index contributed by atoms with van der Waals surface area (Å²) in [7, 11) is 0. The van der Waals surface area contributed by atoms with Crippen molar-refractivity contribution in [3.8, 4) is 78.1 Å². The molecule has 2 aromatic heterocycles. The minimum atomic E-state index is -0.288. The predicted molar refractivity (Wildman–Crippen MR) is 456 cm³/mol. The van der Waals surface area contributed by atoms with Crippen LogP contribution in [0.4, 0.5) is 51.2 Å². The number of fused-ring (bicyclic) bond motifs is 10. The van der Waals surface area contributed by atoms with Crippen molar-refractivity contribution in [1.29, 1.82) is 0 Å². The zero-order valence-electron chi connectivity index (χ0n) is 59.1. The molecule has 0 spiro atoms. The SMILES string of the molecule is c1ccc(-c2ccccc2-c2cccc(-c3ccccc3-c3ccccc3)c2N2c3cc(-n4c5ccccc5c5ccccc54)ccc3B3c4ccc(-n5c6ccccc6c6ccccc65)cc4N(c4c(-c5ccccc5-c5ccccc5)cccc4N(c4ccccc4)c4ccccc4)c4cccc2c43)cc1. The Morgan fingerprint density at radius 1 is 0.213 bits per heavy atom. The van der Waals surface area contributed by atoms with Gasteiger partial charge in [0.05, 0.1) is 39.1 Å². The van der Waals surface area contributed by atoms with E-state index in [1.807, 2.05) is 0 Å². The molecule has 0 saturated carbocycles. The van der Waals surface area contributed by atoms with E-state index in [0.29, 0.717) is 0 Å². The Bertz CT molecular complexity index is 6460. The van der Waals surface area contributed by atoms with Crippen molar-refractivity contribution in [2.75, 3.05) is 14.7 Å². The summed E-state index contributed by atoms with van der Waals surface area (Å²) in [6.07, 6.45) is 0. The van der Waals surface area contributed by atoms with E-state index in [4.69, 9.17) is 0 Å². The maximum atomic E-state index is 2.68. The Balaban J connectivity index is 0.926. The van der Waals surface area contributed by atoms with Gasteiger partial charge in [-0.2, -0.15) is 0 Å². The van der Waals surface area contributed by atoms with Crippen LogP contribution >= 0.6 is 0 Å². The zero-order chi connectivity index (χ0) is 71.2. The zero-order valence-corrected chi connectivity index (χ0v) is 59.1. The molecule has 5 nitrogen and oxygen atoms in total. The third-order valence-corrected chi connectivity index (χ3v) is 22.3. The number of para-hydroxylation sites is 8. The lowest BCUT2D eigenvalue weighted by molar-refractivity contribution is 1.16. The van der Waals surface area contributed by atoms with Crippen molar-refractivity contribution >= 4 is 118 Å². The number of hydrogen-bond acceptors (Lipinski definition) is 3. The van der Waals surface area contributed by atoms with Crippen LogP contribution in [-0.2, 0) is 0 Å². The van der Waals surface area contributed by atoms with E-state index in [2.05, 4.69) is 436 Å². The first-order valence-corrected chi connectivity index (χ1v) is 37.3. The number of anilines is 9. The van der Waals surface area contributed by atoms with Gasteiger partial charge in [0.2, 0.25) is 0 Å². The first-order chi connectivity index (χ1) is 53.7. The fraction of sp³-hybridized carbons (Fsp3) is 0. The van der Waals surface area contributed by atoms with E-state index in [1.54, 1.807) is 0 Å². The van der Waals surface area contributed by atoms with Crippen LogP contribution in [0.25, 0.3) is 122 Å². The molecular formula is C102H68BN5. The van der Waals surface area contributed by atoms with E-state index in [0.717, 1.165) is 151 Å². The van der Waals surface area contributed by atoms with Crippen molar-refractivity contribution in [3.63, 3.8) is 0 Å². The third kappa shape index (κ3) is 10.0. The molecule has 0 N–H and O–H groups in total. The van der Waals surface area contributed by atoms with Crippen molar-refractivity contribution in [2.45, 2.75) is 0 Å². The van der Waals surface area contributed by atoms with E-state index < -0.39 is 0 Å². The van der Waals surface area contributed by atoms with Gasteiger partial charge in [-0.05, 0) is 157 Å². The molecule has 108 heavy (non-hydrogen) atoms. The van der Waals surface area contributed by atoms with Crippen LogP contribution in [0.2, 0.25) is 0 Å². The molecule has 0 bridgehead atoms. The Kier molecular flexibility index (Phi) is 15.0. The van der Waals surface area contributed by atoms with Gasteiger partial charge in [-0.3, -0.25) is 0 Å². The molecule has 0 unspecified atom stereocenters. The summed E-state index contributed by atoms with van der Waals surface area (Å²) in [5.74, 6) is 0. The van der Waals surface area contributed by atoms with Gasteiger partial charge in [-0.25, -0.2) is 0 Å². The molecular weight excluding hydrogens is 1310 g/mol. The van der Waals surface area contributed by atoms with Gasteiger partial charge in [0.1, 0.15) is 0 Å². The fourth-order valence-electron chi connectivity index (χ4n) is 17.8. The molecule has 17 aromatic carbocycles. The van der Waals surface area contributed by atoms with Crippen molar-refractivity contribution in [2.24, 2.45) is 0 Å². The second-order valence-corrected chi connectivity index (χ2v) is 28.2.